The van der Waals surface area contributed by atoms with Gasteiger partial charge < -0.3 is 19.5 Å². The number of fused-ring (bicyclic) bond motifs is 3. The smallest absolute Gasteiger partial charge is 0.217 e. The van der Waals surface area contributed by atoms with Gasteiger partial charge in [0, 0.05) is 12.5 Å². The van der Waals surface area contributed by atoms with Crippen LogP contribution in [-0.4, -0.2) is 27.2 Å². The molecule has 3 rings (SSSR count). The van der Waals surface area contributed by atoms with Gasteiger partial charge in [-0.25, -0.2) is 0 Å². The van der Waals surface area contributed by atoms with Gasteiger partial charge in [-0.3, -0.25) is 9.59 Å². The molecule has 0 radical (unpaired) electrons. The van der Waals surface area contributed by atoms with E-state index in [0.717, 1.165) is 47.1 Å². The molecule has 0 heterocycles. The molecule has 1 N–H and O–H groups in total. The second kappa shape index (κ2) is 9.86. The molecular weight excluding hydrogens is 394 g/mol. The second-order valence-electron chi connectivity index (χ2n) is 7.81. The first kappa shape index (κ1) is 22.7. The maximum Gasteiger partial charge on any atom is 0.217 e. The summed E-state index contributed by atoms with van der Waals surface area (Å²) in [4.78, 5) is 25.0. The molecule has 6 heteroatoms. The van der Waals surface area contributed by atoms with Gasteiger partial charge in [0.15, 0.2) is 16.9 Å². The van der Waals surface area contributed by atoms with Gasteiger partial charge in [-0.2, -0.15) is 0 Å². The van der Waals surface area contributed by atoms with Crippen molar-refractivity contribution in [1.82, 2.24) is 5.32 Å². The number of amides is 1. The molecular formula is C25H31NO5. The minimum Gasteiger partial charge on any atom is -0.493 e. The lowest BCUT2D eigenvalue weighted by atomic mass is 9.95. The van der Waals surface area contributed by atoms with Crippen LogP contribution in [-0.2, 0) is 17.6 Å². The van der Waals surface area contributed by atoms with Crippen LogP contribution in [0.2, 0.25) is 0 Å². The normalized spacial score (nSPS) is 14.7. The number of ether oxygens (including phenoxy) is 3. The molecule has 0 saturated heterocycles. The van der Waals surface area contributed by atoms with Gasteiger partial charge in [-0.15, -0.1) is 0 Å². The SMILES string of the molecule is CCCCc1ccc2c(cc1=O)[C@@H](NC(C)=O)CCc1cc(OC)c(OC)c(OC)c1-2. The molecule has 1 atom stereocenters. The summed E-state index contributed by atoms with van der Waals surface area (Å²) in [7, 11) is 4.77. The van der Waals surface area contributed by atoms with Crippen LogP contribution in [0, 0.1) is 0 Å². The summed E-state index contributed by atoms with van der Waals surface area (Å²) in [5.74, 6) is 1.53. The van der Waals surface area contributed by atoms with E-state index >= 15 is 0 Å². The van der Waals surface area contributed by atoms with E-state index in [-0.39, 0.29) is 17.4 Å². The van der Waals surface area contributed by atoms with Crippen molar-refractivity contribution in [3.8, 4) is 28.4 Å². The number of hydrogen-bond acceptors (Lipinski definition) is 5. The molecule has 1 aliphatic carbocycles. The predicted molar refractivity (Wildman–Crippen MR) is 121 cm³/mol. The molecule has 2 aromatic rings. The molecule has 2 aromatic carbocycles. The highest BCUT2D eigenvalue weighted by atomic mass is 16.5. The summed E-state index contributed by atoms with van der Waals surface area (Å²) in [6.45, 7) is 3.61. The molecule has 31 heavy (non-hydrogen) atoms. The van der Waals surface area contributed by atoms with Crippen molar-refractivity contribution in [3.63, 3.8) is 0 Å². The van der Waals surface area contributed by atoms with Crippen LogP contribution in [0.1, 0.15) is 55.8 Å². The third kappa shape index (κ3) is 4.53. The average Bonchev–Trinajstić information content (AvgIpc) is 2.99. The van der Waals surface area contributed by atoms with Crippen LogP contribution in [0.5, 0.6) is 17.2 Å². The van der Waals surface area contributed by atoms with Crippen LogP contribution in [0.3, 0.4) is 0 Å². The second-order valence-corrected chi connectivity index (χ2v) is 7.81. The quantitative estimate of drug-likeness (QED) is 0.720. The van der Waals surface area contributed by atoms with Gasteiger partial charge in [0.2, 0.25) is 11.7 Å². The zero-order valence-electron chi connectivity index (χ0n) is 19.0. The van der Waals surface area contributed by atoms with Gasteiger partial charge in [-0.1, -0.05) is 25.5 Å². The Morgan fingerprint density at radius 1 is 1.10 bits per heavy atom. The molecule has 0 unspecified atom stereocenters. The van der Waals surface area contributed by atoms with E-state index in [1.807, 2.05) is 18.2 Å². The monoisotopic (exact) mass is 425 g/mol. The van der Waals surface area contributed by atoms with E-state index in [9.17, 15) is 9.59 Å². The van der Waals surface area contributed by atoms with E-state index in [2.05, 4.69) is 12.2 Å². The van der Waals surface area contributed by atoms with Crippen LogP contribution in [0.25, 0.3) is 11.1 Å². The summed E-state index contributed by atoms with van der Waals surface area (Å²) in [5, 5.41) is 3.03. The fourth-order valence-electron chi connectivity index (χ4n) is 4.31. The number of nitrogens with one attached hydrogen (secondary N) is 1. The first-order valence-electron chi connectivity index (χ1n) is 10.7. The number of unbranched alkanes of at least 4 members (excludes halogenated alkanes) is 1. The Hall–Kier alpha value is -3.02. The lowest BCUT2D eigenvalue weighted by Crippen LogP contribution is -2.26. The highest BCUT2D eigenvalue weighted by molar-refractivity contribution is 5.83. The number of benzene rings is 1. The zero-order valence-corrected chi connectivity index (χ0v) is 19.0. The number of methoxy groups -OCH3 is 3. The Balaban J connectivity index is 2.36. The molecule has 0 saturated carbocycles. The van der Waals surface area contributed by atoms with Crippen molar-refractivity contribution < 1.29 is 19.0 Å². The average molecular weight is 426 g/mol. The maximum atomic E-state index is 13.0. The summed E-state index contributed by atoms with van der Waals surface area (Å²) in [6, 6.07) is 7.26. The van der Waals surface area contributed by atoms with Crippen molar-refractivity contribution in [3.05, 3.63) is 51.2 Å². The van der Waals surface area contributed by atoms with E-state index < -0.39 is 0 Å². The van der Waals surface area contributed by atoms with Crippen LogP contribution in [0.4, 0.5) is 0 Å². The maximum absolute atomic E-state index is 13.0. The molecule has 0 bridgehead atoms. The molecule has 0 aromatic heterocycles. The van der Waals surface area contributed by atoms with Gasteiger partial charge >= 0.3 is 0 Å². The predicted octanol–water partition coefficient (Wildman–Crippen LogP) is 4.21. The molecule has 1 amide bonds. The lowest BCUT2D eigenvalue weighted by Gasteiger charge is -2.19. The summed E-state index contributed by atoms with van der Waals surface area (Å²) >= 11 is 0. The number of carbonyl (C=O) groups excluding carboxylic acids is 1. The van der Waals surface area contributed by atoms with Crippen LogP contribution >= 0.6 is 0 Å². The first-order valence-corrected chi connectivity index (χ1v) is 10.7. The number of rotatable bonds is 7. The van der Waals surface area contributed by atoms with E-state index in [1.54, 1.807) is 27.4 Å². The molecule has 1 aliphatic rings. The van der Waals surface area contributed by atoms with Crippen molar-refractivity contribution in [2.75, 3.05) is 21.3 Å². The van der Waals surface area contributed by atoms with Crippen molar-refractivity contribution in [1.29, 1.82) is 0 Å². The van der Waals surface area contributed by atoms with E-state index in [4.69, 9.17) is 14.2 Å². The minimum atomic E-state index is -0.277. The Bertz CT molecular complexity index is 1030. The summed E-state index contributed by atoms with van der Waals surface area (Å²) in [5.41, 5.74) is 4.33. The van der Waals surface area contributed by atoms with Crippen LogP contribution < -0.4 is 25.0 Å². The van der Waals surface area contributed by atoms with Gasteiger partial charge in [-0.05, 0) is 60.1 Å². The fourth-order valence-corrected chi connectivity index (χ4v) is 4.31. The standard InChI is InChI=1S/C25H31NO5/c1-6-7-8-16-9-11-18-19(14-21(16)28)20(26-15(2)27)12-10-17-13-22(29-3)24(30-4)25(31-5)23(17)18/h9,11,13-14,20H,6-8,10,12H2,1-5H3,(H,26,27)/t20-/m0/s1. The van der Waals surface area contributed by atoms with Crippen LogP contribution in [0.15, 0.2) is 29.1 Å². The molecule has 0 aliphatic heterocycles. The van der Waals surface area contributed by atoms with Crippen molar-refractivity contribution in [2.24, 2.45) is 0 Å². The highest BCUT2D eigenvalue weighted by Crippen LogP contribution is 2.50. The van der Waals surface area contributed by atoms with E-state index in [0.29, 0.717) is 30.1 Å². The Kier molecular flexibility index (Phi) is 7.21. The largest absolute Gasteiger partial charge is 0.493 e. The van der Waals surface area contributed by atoms with Crippen molar-refractivity contribution >= 4 is 5.91 Å². The number of carbonyl (C=O) groups is 1. The van der Waals surface area contributed by atoms with Gasteiger partial charge in [0.05, 0.1) is 27.4 Å². The molecule has 0 fully saturated rings. The topological polar surface area (TPSA) is 73.9 Å². The number of aryl methyl sites for hydroxylation is 2. The van der Waals surface area contributed by atoms with E-state index in [1.165, 1.54) is 6.92 Å². The van der Waals surface area contributed by atoms with Crippen molar-refractivity contribution in [2.45, 2.75) is 52.0 Å². The van der Waals surface area contributed by atoms with Gasteiger partial charge in [0.1, 0.15) is 0 Å². The Labute approximate surface area is 183 Å². The summed E-state index contributed by atoms with van der Waals surface area (Å²) in [6.07, 6.45) is 4.03. The third-order valence-electron chi connectivity index (χ3n) is 5.80. The highest BCUT2D eigenvalue weighted by Gasteiger charge is 2.29. The number of hydrogen-bond donors (Lipinski definition) is 1. The fraction of sp³-hybridized carbons (Fsp3) is 0.440. The molecule has 6 nitrogen and oxygen atoms in total. The Morgan fingerprint density at radius 2 is 1.84 bits per heavy atom. The molecule has 0 spiro atoms. The minimum absolute atomic E-state index is 0.00653. The Morgan fingerprint density at radius 3 is 2.45 bits per heavy atom. The third-order valence-corrected chi connectivity index (χ3v) is 5.80. The first-order chi connectivity index (χ1) is 14.9. The lowest BCUT2D eigenvalue weighted by molar-refractivity contribution is -0.119. The zero-order chi connectivity index (χ0) is 22.5. The van der Waals surface area contributed by atoms with Gasteiger partial charge in [0.25, 0.3) is 0 Å². The summed E-state index contributed by atoms with van der Waals surface area (Å²) < 4.78 is 16.9. The molecule has 166 valence electrons.